The number of unbranched alkanes of at least 4 members (excludes halogenated alkanes) is 1. The van der Waals surface area contributed by atoms with Gasteiger partial charge in [-0.3, -0.25) is 0 Å². The quantitative estimate of drug-likeness (QED) is 0.205. The van der Waals surface area contributed by atoms with Crippen molar-refractivity contribution in [3.63, 3.8) is 0 Å². The van der Waals surface area contributed by atoms with Gasteiger partial charge in [0.2, 0.25) is 0 Å². The molecule has 22 heavy (non-hydrogen) atoms. The van der Waals surface area contributed by atoms with E-state index in [1.807, 2.05) is 6.92 Å². The minimum absolute atomic E-state index is 0.142. The maximum atomic E-state index is 12.1. The summed E-state index contributed by atoms with van der Waals surface area (Å²) in [5.74, 6) is 0.695. The van der Waals surface area contributed by atoms with E-state index in [9.17, 15) is 9.59 Å². The first kappa shape index (κ1) is 19.1. The Kier molecular flexibility index (Phi) is 8.08. The molecule has 1 aliphatic rings. The molecule has 4 heteroatoms. The first-order valence-electron chi connectivity index (χ1n) is 8.69. The van der Waals surface area contributed by atoms with Crippen molar-refractivity contribution in [1.29, 1.82) is 0 Å². The Labute approximate surface area is 136 Å². The summed E-state index contributed by atoms with van der Waals surface area (Å²) in [6.07, 6.45) is 9.74. The predicted molar refractivity (Wildman–Crippen MR) is 93.6 cm³/mol. The van der Waals surface area contributed by atoms with Crippen LogP contribution in [0.15, 0.2) is 11.6 Å². The summed E-state index contributed by atoms with van der Waals surface area (Å²) in [5, 5.41) is 0. The van der Waals surface area contributed by atoms with E-state index in [2.05, 4.69) is 25.7 Å². The lowest BCUT2D eigenvalue weighted by Crippen LogP contribution is -2.23. The molecule has 0 spiro atoms. The fraction of sp³-hybridized carbons (Fsp3) is 0.778. The van der Waals surface area contributed by atoms with Crippen LogP contribution in [0.4, 0.5) is 0 Å². The zero-order valence-corrected chi connectivity index (χ0v) is 15.7. The van der Waals surface area contributed by atoms with Crippen LogP contribution in [-0.2, 0) is 14.3 Å². The van der Waals surface area contributed by atoms with Gasteiger partial charge < -0.3 is 9.53 Å². The van der Waals surface area contributed by atoms with Crippen molar-refractivity contribution in [1.82, 2.24) is 0 Å². The zero-order chi connectivity index (χ0) is 16.6. The fourth-order valence-corrected chi connectivity index (χ4v) is 4.71. The highest BCUT2D eigenvalue weighted by Gasteiger charge is 2.26. The van der Waals surface area contributed by atoms with Crippen molar-refractivity contribution in [2.24, 2.45) is 11.8 Å². The SMILES string of the molecule is CCOC(=O)/C(=C/CCC[C@@H]1CCC[C@H]1C=O)C[Si](C)(C)C. The smallest absolute Gasteiger partial charge is 0.333 e. The van der Waals surface area contributed by atoms with Crippen LogP contribution < -0.4 is 0 Å². The maximum absolute atomic E-state index is 12.1. The average Bonchev–Trinajstić information content (AvgIpc) is 2.88. The monoisotopic (exact) mass is 324 g/mol. The zero-order valence-electron chi connectivity index (χ0n) is 14.7. The number of hydrogen-bond acceptors (Lipinski definition) is 3. The third-order valence-corrected chi connectivity index (χ3v) is 5.76. The Morgan fingerprint density at radius 1 is 1.27 bits per heavy atom. The van der Waals surface area contributed by atoms with E-state index in [1.54, 1.807) is 0 Å². The van der Waals surface area contributed by atoms with E-state index < -0.39 is 8.07 Å². The molecule has 0 N–H and O–H groups in total. The summed E-state index contributed by atoms with van der Waals surface area (Å²) in [4.78, 5) is 23.1. The van der Waals surface area contributed by atoms with Crippen molar-refractivity contribution in [3.05, 3.63) is 11.6 Å². The molecule has 0 aromatic carbocycles. The Hall–Kier alpha value is -0.903. The van der Waals surface area contributed by atoms with Crippen LogP contribution in [0.25, 0.3) is 0 Å². The molecule has 3 nitrogen and oxygen atoms in total. The van der Waals surface area contributed by atoms with Gasteiger partial charge in [-0.2, -0.15) is 0 Å². The molecule has 0 aromatic rings. The van der Waals surface area contributed by atoms with E-state index >= 15 is 0 Å². The van der Waals surface area contributed by atoms with Crippen molar-refractivity contribution in [3.8, 4) is 0 Å². The molecule has 0 aromatic heterocycles. The molecule has 1 fully saturated rings. The van der Waals surface area contributed by atoms with E-state index in [4.69, 9.17) is 4.74 Å². The largest absolute Gasteiger partial charge is 0.463 e. The maximum Gasteiger partial charge on any atom is 0.333 e. The van der Waals surface area contributed by atoms with E-state index in [1.165, 1.54) is 12.8 Å². The first-order valence-corrected chi connectivity index (χ1v) is 12.4. The first-order chi connectivity index (χ1) is 10.4. The van der Waals surface area contributed by atoms with Gasteiger partial charge in [-0.1, -0.05) is 32.1 Å². The fourth-order valence-electron chi connectivity index (χ4n) is 3.28. The molecule has 0 saturated heterocycles. The number of aldehydes is 1. The Morgan fingerprint density at radius 2 is 2.00 bits per heavy atom. The molecule has 1 rings (SSSR count). The molecule has 0 heterocycles. The molecule has 2 atom stereocenters. The summed E-state index contributed by atoms with van der Waals surface area (Å²) in [6, 6.07) is 0.881. The normalized spacial score (nSPS) is 22.6. The van der Waals surface area contributed by atoms with Crippen molar-refractivity contribution in [2.45, 2.75) is 71.1 Å². The molecule has 1 saturated carbocycles. The number of carbonyl (C=O) groups excluding carboxylic acids is 2. The van der Waals surface area contributed by atoms with Gasteiger partial charge in [-0.15, -0.1) is 0 Å². The van der Waals surface area contributed by atoms with Gasteiger partial charge in [0.15, 0.2) is 0 Å². The molecule has 0 aliphatic heterocycles. The summed E-state index contributed by atoms with van der Waals surface area (Å²) in [7, 11) is -1.33. The Morgan fingerprint density at radius 3 is 2.59 bits per heavy atom. The average molecular weight is 325 g/mol. The third kappa shape index (κ3) is 6.90. The number of carbonyl (C=O) groups is 2. The van der Waals surface area contributed by atoms with Crippen molar-refractivity contribution < 1.29 is 14.3 Å². The second kappa shape index (κ2) is 9.28. The Balaban J connectivity index is 2.50. The van der Waals surface area contributed by atoms with Crippen LogP contribution in [0.5, 0.6) is 0 Å². The summed E-state index contributed by atoms with van der Waals surface area (Å²) < 4.78 is 5.18. The van der Waals surface area contributed by atoms with Crippen LogP contribution in [0.2, 0.25) is 25.7 Å². The molecule has 1 aliphatic carbocycles. The lowest BCUT2D eigenvalue weighted by molar-refractivity contribution is -0.138. The second-order valence-corrected chi connectivity index (χ2v) is 13.1. The topological polar surface area (TPSA) is 43.4 Å². The number of esters is 1. The number of ether oxygens (including phenoxy) is 1. The van der Waals surface area contributed by atoms with Crippen molar-refractivity contribution >= 4 is 20.3 Å². The standard InChI is InChI=1S/C18H32O3Si/c1-5-21-18(20)17(14-22(2,3)4)10-7-6-9-15-11-8-12-16(15)13-19/h10,13,15-16H,5-9,11-12,14H2,1-4H3/b17-10+/t15-,16+/m1/s1. The highest BCUT2D eigenvalue weighted by molar-refractivity contribution is 6.77. The van der Waals surface area contributed by atoms with Crippen LogP contribution in [-0.4, -0.2) is 26.9 Å². The van der Waals surface area contributed by atoms with Crippen LogP contribution in [0, 0.1) is 11.8 Å². The van der Waals surface area contributed by atoms with Gasteiger partial charge in [-0.25, -0.2) is 4.79 Å². The van der Waals surface area contributed by atoms with Crippen molar-refractivity contribution in [2.75, 3.05) is 6.61 Å². The Bertz CT molecular complexity index is 396. The summed E-state index contributed by atoms with van der Waals surface area (Å²) in [5.41, 5.74) is 0.861. The van der Waals surface area contributed by atoms with E-state index in [-0.39, 0.29) is 11.9 Å². The van der Waals surface area contributed by atoms with Crippen LogP contribution >= 0.6 is 0 Å². The predicted octanol–water partition coefficient (Wildman–Crippen LogP) is 4.60. The van der Waals surface area contributed by atoms with Gasteiger partial charge in [0.05, 0.1) is 6.61 Å². The minimum atomic E-state index is -1.33. The molecule has 0 amide bonds. The summed E-state index contributed by atoms with van der Waals surface area (Å²) in [6.45, 7) is 9.10. The van der Waals surface area contributed by atoms with E-state index in [0.717, 1.165) is 43.6 Å². The van der Waals surface area contributed by atoms with Gasteiger partial charge in [0.1, 0.15) is 6.29 Å². The molecule has 126 valence electrons. The minimum Gasteiger partial charge on any atom is -0.463 e. The lowest BCUT2D eigenvalue weighted by atomic mass is 9.92. The molecule has 0 unspecified atom stereocenters. The van der Waals surface area contributed by atoms with E-state index in [0.29, 0.717) is 12.5 Å². The van der Waals surface area contributed by atoms with Gasteiger partial charge in [0, 0.05) is 19.6 Å². The highest BCUT2D eigenvalue weighted by atomic mass is 28.3. The lowest BCUT2D eigenvalue weighted by Gasteiger charge is -2.18. The third-order valence-electron chi connectivity index (χ3n) is 4.32. The number of rotatable bonds is 9. The molecule has 0 radical (unpaired) electrons. The number of allylic oxidation sites excluding steroid dienone is 1. The second-order valence-electron chi connectivity index (χ2n) is 7.61. The highest BCUT2D eigenvalue weighted by Crippen LogP contribution is 2.34. The van der Waals surface area contributed by atoms with Crippen LogP contribution in [0.3, 0.4) is 0 Å². The number of hydrogen-bond donors (Lipinski definition) is 0. The van der Waals surface area contributed by atoms with Crippen LogP contribution in [0.1, 0.15) is 45.4 Å². The van der Waals surface area contributed by atoms with Gasteiger partial charge in [-0.05, 0) is 51.0 Å². The molecule has 0 bridgehead atoms. The molecular weight excluding hydrogens is 292 g/mol. The molecular formula is C18H32O3Si. The van der Waals surface area contributed by atoms with Gasteiger partial charge >= 0.3 is 5.97 Å². The summed E-state index contributed by atoms with van der Waals surface area (Å²) >= 11 is 0. The van der Waals surface area contributed by atoms with Gasteiger partial charge in [0.25, 0.3) is 0 Å².